The summed E-state index contributed by atoms with van der Waals surface area (Å²) in [4.78, 5) is 38.1. The summed E-state index contributed by atoms with van der Waals surface area (Å²) in [7, 11) is 0. The van der Waals surface area contributed by atoms with E-state index in [2.05, 4.69) is 50.3 Å². The summed E-state index contributed by atoms with van der Waals surface area (Å²) in [6.07, 6.45) is 13.7. The lowest BCUT2D eigenvalue weighted by atomic mass is 9.74. The molecule has 1 saturated carbocycles. The Morgan fingerprint density at radius 1 is 0.662 bits per heavy atom. The second kappa shape index (κ2) is 28.8. The number of benzene rings is 6. The average Bonchev–Trinajstić information content (AvgIpc) is 4.06. The molecule has 0 aromatic heterocycles. The van der Waals surface area contributed by atoms with Crippen molar-refractivity contribution in [2.45, 2.75) is 64.7 Å². The minimum atomic E-state index is -0.529. The van der Waals surface area contributed by atoms with Gasteiger partial charge in [-0.2, -0.15) is 0 Å². The molecule has 3 saturated heterocycles. The van der Waals surface area contributed by atoms with E-state index in [-0.39, 0.29) is 24.1 Å². The second-order valence-corrected chi connectivity index (χ2v) is 20.2. The molecule has 4 fully saturated rings. The van der Waals surface area contributed by atoms with Gasteiger partial charge in [0.1, 0.15) is 5.75 Å². The number of carbonyl (C=O) groups excluding carboxylic acids is 3. The summed E-state index contributed by atoms with van der Waals surface area (Å²) in [6.45, 7) is 8.26. The molecular weight excluding hydrogens is 991 g/mol. The number of hydrogen-bond acceptors (Lipinski definition) is 9. The molecule has 3 aliphatic heterocycles. The SMILES string of the molecule is C1CCC2(CC1)CCNC2.Cc1ccc(-c2ccccc2)cc1N.ClCCl.N#COc1ccc(C(=O)Cl)cc1.Nc1ccc(-c2ccccc2)cc1NC(=O)c1ccc(NC(=O)N2CCC3(CCNCC3)C2)cc1.[2HH]. The first kappa shape index (κ1) is 56.7. The van der Waals surface area contributed by atoms with E-state index in [0.29, 0.717) is 33.9 Å². The zero-order chi connectivity index (χ0) is 52.8. The first-order chi connectivity index (χ1) is 35.8. The van der Waals surface area contributed by atoms with Crippen molar-refractivity contribution in [3.05, 3.63) is 162 Å². The molecule has 2 spiro atoms. The van der Waals surface area contributed by atoms with Gasteiger partial charge in [-0.15, -0.1) is 28.5 Å². The smallest absolute Gasteiger partial charge is 0.321 e. The minimum Gasteiger partial charge on any atom is -0.398 e. The van der Waals surface area contributed by atoms with Gasteiger partial charge in [-0.3, -0.25) is 9.59 Å². The Bertz CT molecular complexity index is 2760. The molecule has 74 heavy (non-hydrogen) atoms. The Morgan fingerprint density at radius 2 is 1.23 bits per heavy atom. The number of nitrogens with one attached hydrogen (secondary N) is 4. The highest BCUT2D eigenvalue weighted by atomic mass is 35.5. The molecule has 4 aliphatic rings. The number of aryl methyl sites for hydroxylation is 1. The Kier molecular flexibility index (Phi) is 22.0. The van der Waals surface area contributed by atoms with Crippen molar-refractivity contribution < 1.29 is 20.5 Å². The topological polar surface area (TPSA) is 188 Å². The molecule has 10 rings (SSSR count). The van der Waals surface area contributed by atoms with Crippen LogP contribution in [-0.4, -0.2) is 66.7 Å². The third kappa shape index (κ3) is 17.0. The van der Waals surface area contributed by atoms with Crippen molar-refractivity contribution in [3.63, 3.8) is 0 Å². The van der Waals surface area contributed by atoms with Gasteiger partial charge in [0.25, 0.3) is 17.4 Å². The van der Waals surface area contributed by atoms with Gasteiger partial charge in [0, 0.05) is 43.6 Å². The van der Waals surface area contributed by atoms with Gasteiger partial charge in [-0.05, 0) is 182 Å². The number of nitrogens with two attached hydrogens (primary N) is 2. The molecule has 6 aromatic carbocycles. The predicted octanol–water partition coefficient (Wildman–Crippen LogP) is 13.6. The normalized spacial score (nSPS) is 15.7. The predicted molar refractivity (Wildman–Crippen MR) is 306 cm³/mol. The van der Waals surface area contributed by atoms with E-state index in [1.54, 1.807) is 30.3 Å². The quantitative estimate of drug-likeness (QED) is 0.0391. The Hall–Kier alpha value is -6.59. The van der Waals surface area contributed by atoms with Crippen LogP contribution in [-0.2, 0) is 0 Å². The molecule has 0 bridgehead atoms. The van der Waals surface area contributed by atoms with E-state index in [1.165, 1.54) is 93.3 Å². The number of piperidine rings is 1. The number of hydrogen-bond donors (Lipinski definition) is 6. The molecule has 0 radical (unpaired) electrons. The number of nitriles is 1. The summed E-state index contributed by atoms with van der Waals surface area (Å²) in [5.41, 5.74) is 22.0. The molecule has 0 atom stereocenters. The molecule has 8 N–H and O–H groups in total. The van der Waals surface area contributed by atoms with Crippen LogP contribution in [0.4, 0.5) is 27.5 Å². The minimum absolute atomic E-state index is 0. The maximum Gasteiger partial charge on any atom is 0.321 e. The number of nitrogens with zero attached hydrogens (tertiary/aromatic N) is 2. The number of alkyl halides is 2. The van der Waals surface area contributed by atoms with Crippen LogP contribution in [0.1, 0.15) is 85.5 Å². The molecule has 3 heterocycles. The van der Waals surface area contributed by atoms with Crippen molar-refractivity contribution in [2.75, 3.05) is 66.7 Å². The standard InChI is InChI=1S/C28H31N5O2.C13H13N.C9H17N.C8H4ClNO2.CH2Cl2.H2/c29-24-11-8-22(20-4-2-1-3-5-20)18-25(24)32-26(34)21-6-9-23(10-7-21)31-27(35)33-17-14-28(19-33)12-15-30-16-13-28;1-10-7-8-12(9-13(10)14)11-5-3-2-4-6-11;1-2-4-9(5-3-1)6-7-10-8-9;9-8(11)6-1-3-7(4-2-6)12-5-10;2-1-3;/h1-11,18,30H,12-17,19,29H2,(H,31,35)(H,32,34);2-9H,14H2,1H3;10H,1-8H2;1-4H;1H2;1H/i;;;;;1+1. The highest BCUT2D eigenvalue weighted by Crippen LogP contribution is 2.41. The molecule has 6 aromatic rings. The lowest BCUT2D eigenvalue weighted by molar-refractivity contribution is 0.102. The van der Waals surface area contributed by atoms with E-state index in [0.717, 1.165) is 73.2 Å². The summed E-state index contributed by atoms with van der Waals surface area (Å²) in [5.74, 6) is 0.131. The molecule has 1 aliphatic carbocycles. The van der Waals surface area contributed by atoms with Gasteiger partial charge in [-0.25, -0.2) is 4.79 Å². The number of likely N-dealkylation sites (tertiary alicyclic amines) is 1. The van der Waals surface area contributed by atoms with Crippen molar-refractivity contribution in [1.29, 1.82) is 5.26 Å². The summed E-state index contributed by atoms with van der Waals surface area (Å²) >= 11 is 14.7. The molecule has 0 unspecified atom stereocenters. The van der Waals surface area contributed by atoms with E-state index < -0.39 is 5.24 Å². The van der Waals surface area contributed by atoms with Crippen LogP contribution in [0.5, 0.6) is 5.75 Å². The van der Waals surface area contributed by atoms with Crippen LogP contribution in [0.25, 0.3) is 22.3 Å². The maximum atomic E-state index is 12.9. The van der Waals surface area contributed by atoms with Crippen LogP contribution in [0.2, 0.25) is 0 Å². The van der Waals surface area contributed by atoms with Crippen molar-refractivity contribution in [2.24, 2.45) is 10.8 Å². The monoisotopic (exact) mass is 1060 g/mol. The number of nitrogen functional groups attached to an aromatic ring is 2. The van der Waals surface area contributed by atoms with Gasteiger partial charge in [0.05, 0.1) is 16.7 Å². The number of carbonyl (C=O) groups is 3. The van der Waals surface area contributed by atoms with E-state index >= 15 is 0 Å². The number of amides is 3. The first-order valence-corrected chi connectivity index (χ1v) is 26.5. The van der Waals surface area contributed by atoms with Gasteiger partial charge < -0.3 is 42.4 Å². The first-order valence-electron chi connectivity index (χ1n) is 25.1. The zero-order valence-electron chi connectivity index (χ0n) is 42.0. The fourth-order valence-electron chi connectivity index (χ4n) is 9.73. The molecule has 390 valence electrons. The fraction of sp³-hybridized carbons (Fsp3) is 0.322. The number of halogens is 3. The van der Waals surface area contributed by atoms with Crippen molar-refractivity contribution in [3.8, 4) is 34.3 Å². The van der Waals surface area contributed by atoms with E-state index in [1.807, 2.05) is 78.6 Å². The third-order valence-electron chi connectivity index (χ3n) is 14.1. The highest BCUT2D eigenvalue weighted by Gasteiger charge is 2.40. The molecule has 3 amide bonds. The Balaban J connectivity index is 0.000000212. The van der Waals surface area contributed by atoms with Gasteiger partial charge in [-0.1, -0.05) is 98.1 Å². The fourth-order valence-corrected chi connectivity index (χ4v) is 9.86. The number of rotatable bonds is 7. The maximum absolute atomic E-state index is 12.9. The van der Waals surface area contributed by atoms with Crippen LogP contribution >= 0.6 is 34.8 Å². The van der Waals surface area contributed by atoms with Crippen LogP contribution in [0.3, 0.4) is 0 Å². The molecular formula is C59H69Cl3N8O4. The zero-order valence-corrected chi connectivity index (χ0v) is 44.3. The number of ether oxygens (including phenoxy) is 1. The van der Waals surface area contributed by atoms with Gasteiger partial charge >= 0.3 is 6.03 Å². The molecule has 15 heteroatoms. The van der Waals surface area contributed by atoms with Crippen molar-refractivity contribution in [1.82, 2.24) is 15.5 Å². The Morgan fingerprint density at radius 3 is 1.80 bits per heavy atom. The van der Waals surface area contributed by atoms with Gasteiger partial charge in [0.2, 0.25) is 0 Å². The Labute approximate surface area is 452 Å². The lowest BCUT2D eigenvalue weighted by Crippen LogP contribution is -2.40. The van der Waals surface area contributed by atoms with Crippen LogP contribution < -0.4 is 37.5 Å². The summed E-state index contributed by atoms with van der Waals surface area (Å²) in [5, 5.41) is 20.6. The highest BCUT2D eigenvalue weighted by molar-refractivity contribution is 6.67. The largest absolute Gasteiger partial charge is 0.398 e. The third-order valence-corrected chi connectivity index (χ3v) is 14.3. The summed E-state index contributed by atoms with van der Waals surface area (Å²) < 4.78 is 4.49. The number of urea groups is 1. The molecule has 12 nitrogen and oxygen atoms in total. The van der Waals surface area contributed by atoms with E-state index in [9.17, 15) is 14.4 Å². The van der Waals surface area contributed by atoms with Crippen LogP contribution in [0, 0.1) is 29.3 Å². The van der Waals surface area contributed by atoms with Crippen LogP contribution in [0.15, 0.2) is 146 Å². The lowest BCUT2D eigenvalue weighted by Gasteiger charge is -2.33. The van der Waals surface area contributed by atoms with Crippen molar-refractivity contribution >= 4 is 74.7 Å². The van der Waals surface area contributed by atoms with Gasteiger partial charge in [0.15, 0.2) is 0 Å². The average molecular weight is 1060 g/mol. The van der Waals surface area contributed by atoms with E-state index in [4.69, 9.17) is 51.5 Å². The number of anilines is 4. The second-order valence-electron chi connectivity index (χ2n) is 19.1. The summed E-state index contributed by atoms with van der Waals surface area (Å²) in [6, 6.07) is 44.8.